The number of carbonyl (C=O) groups is 2. The third-order valence-corrected chi connectivity index (χ3v) is 3.35. The van der Waals surface area contributed by atoms with Gasteiger partial charge in [-0.15, -0.1) is 0 Å². The first-order chi connectivity index (χ1) is 9.59. The third-order valence-electron chi connectivity index (χ3n) is 3.35. The smallest absolute Gasteiger partial charge is 0.251 e. The number of carbonyl (C=O) groups excluding carboxylic acids is 2. The molecule has 0 unspecified atom stereocenters. The van der Waals surface area contributed by atoms with Gasteiger partial charge in [0.1, 0.15) is 0 Å². The van der Waals surface area contributed by atoms with E-state index in [0.717, 1.165) is 11.1 Å². The van der Waals surface area contributed by atoms with Crippen molar-refractivity contribution in [3.05, 3.63) is 70.8 Å². The number of benzene rings is 2. The van der Waals surface area contributed by atoms with Crippen LogP contribution < -0.4 is 5.32 Å². The SMILES string of the molecule is Cc1cccc(C(=O)NCC(=O)c2ccccc2)c1C. The zero-order chi connectivity index (χ0) is 14.5. The molecule has 0 aromatic heterocycles. The number of hydrogen-bond donors (Lipinski definition) is 1. The molecular weight excluding hydrogens is 250 g/mol. The van der Waals surface area contributed by atoms with Crippen LogP contribution in [-0.2, 0) is 0 Å². The summed E-state index contributed by atoms with van der Waals surface area (Å²) in [7, 11) is 0. The summed E-state index contributed by atoms with van der Waals surface area (Å²) in [6.07, 6.45) is 0. The lowest BCUT2D eigenvalue weighted by Gasteiger charge is -2.09. The second kappa shape index (κ2) is 6.15. The monoisotopic (exact) mass is 267 g/mol. The van der Waals surface area contributed by atoms with Crippen LogP contribution in [0, 0.1) is 13.8 Å². The largest absolute Gasteiger partial charge is 0.345 e. The molecule has 0 aliphatic carbocycles. The normalized spacial score (nSPS) is 10.1. The Morgan fingerprint density at radius 3 is 2.35 bits per heavy atom. The number of rotatable bonds is 4. The average molecular weight is 267 g/mol. The molecule has 0 heterocycles. The first-order valence-electron chi connectivity index (χ1n) is 6.52. The second-order valence-corrected chi connectivity index (χ2v) is 4.72. The molecule has 0 radical (unpaired) electrons. The fraction of sp³-hybridized carbons (Fsp3) is 0.176. The number of aryl methyl sites for hydroxylation is 1. The molecule has 0 saturated heterocycles. The van der Waals surface area contributed by atoms with E-state index >= 15 is 0 Å². The summed E-state index contributed by atoms with van der Waals surface area (Å²) in [6.45, 7) is 3.88. The van der Waals surface area contributed by atoms with Crippen molar-refractivity contribution in [1.29, 1.82) is 0 Å². The maximum atomic E-state index is 12.1. The molecule has 0 aliphatic heterocycles. The number of ketones is 1. The molecule has 0 saturated carbocycles. The topological polar surface area (TPSA) is 46.2 Å². The Bertz CT molecular complexity index is 633. The van der Waals surface area contributed by atoms with Crippen molar-refractivity contribution in [1.82, 2.24) is 5.32 Å². The molecule has 2 aromatic carbocycles. The average Bonchev–Trinajstić information content (AvgIpc) is 2.48. The molecule has 1 amide bonds. The van der Waals surface area contributed by atoms with Gasteiger partial charge in [0, 0.05) is 11.1 Å². The van der Waals surface area contributed by atoms with Crippen LogP contribution >= 0.6 is 0 Å². The predicted molar refractivity (Wildman–Crippen MR) is 79.0 cm³/mol. The van der Waals surface area contributed by atoms with E-state index < -0.39 is 0 Å². The highest BCUT2D eigenvalue weighted by molar-refractivity contribution is 6.02. The van der Waals surface area contributed by atoms with Gasteiger partial charge >= 0.3 is 0 Å². The van der Waals surface area contributed by atoms with Crippen LogP contribution in [0.5, 0.6) is 0 Å². The molecule has 0 fully saturated rings. The maximum Gasteiger partial charge on any atom is 0.251 e. The molecule has 0 aliphatic rings. The van der Waals surface area contributed by atoms with E-state index in [0.29, 0.717) is 11.1 Å². The molecule has 3 nitrogen and oxygen atoms in total. The Balaban J connectivity index is 2.03. The quantitative estimate of drug-likeness (QED) is 0.866. The summed E-state index contributed by atoms with van der Waals surface area (Å²) >= 11 is 0. The van der Waals surface area contributed by atoms with Crippen LogP contribution in [0.3, 0.4) is 0 Å². The van der Waals surface area contributed by atoms with Crippen molar-refractivity contribution in [2.45, 2.75) is 13.8 Å². The lowest BCUT2D eigenvalue weighted by molar-refractivity contribution is 0.0903. The van der Waals surface area contributed by atoms with Gasteiger partial charge in [0.05, 0.1) is 6.54 Å². The van der Waals surface area contributed by atoms with Crippen LogP contribution in [-0.4, -0.2) is 18.2 Å². The van der Waals surface area contributed by atoms with Crippen LogP contribution in [0.2, 0.25) is 0 Å². The molecule has 0 atom stereocenters. The van der Waals surface area contributed by atoms with Crippen molar-refractivity contribution >= 4 is 11.7 Å². The summed E-state index contributed by atoms with van der Waals surface area (Å²) in [6, 6.07) is 14.5. The van der Waals surface area contributed by atoms with Gasteiger partial charge in [-0.25, -0.2) is 0 Å². The van der Waals surface area contributed by atoms with E-state index in [1.54, 1.807) is 30.3 Å². The molecule has 2 aromatic rings. The number of nitrogens with one attached hydrogen (secondary N) is 1. The van der Waals surface area contributed by atoms with Gasteiger partial charge in [-0.3, -0.25) is 9.59 Å². The zero-order valence-electron chi connectivity index (χ0n) is 11.6. The van der Waals surface area contributed by atoms with E-state index in [1.165, 1.54) is 0 Å². The van der Waals surface area contributed by atoms with Crippen LogP contribution in [0.1, 0.15) is 31.8 Å². The molecule has 3 heteroatoms. The van der Waals surface area contributed by atoms with Crippen molar-refractivity contribution in [2.24, 2.45) is 0 Å². The van der Waals surface area contributed by atoms with Gasteiger partial charge < -0.3 is 5.32 Å². The zero-order valence-corrected chi connectivity index (χ0v) is 11.6. The molecule has 102 valence electrons. The van der Waals surface area contributed by atoms with E-state index in [9.17, 15) is 9.59 Å². The minimum absolute atomic E-state index is 0.0101. The molecule has 0 bridgehead atoms. The van der Waals surface area contributed by atoms with Crippen molar-refractivity contribution in [3.63, 3.8) is 0 Å². The lowest BCUT2D eigenvalue weighted by Crippen LogP contribution is -2.30. The Morgan fingerprint density at radius 1 is 0.950 bits per heavy atom. The minimum Gasteiger partial charge on any atom is -0.345 e. The Kier molecular flexibility index (Phi) is 4.31. The highest BCUT2D eigenvalue weighted by Gasteiger charge is 2.12. The van der Waals surface area contributed by atoms with Gasteiger partial charge in [-0.2, -0.15) is 0 Å². The fourth-order valence-corrected chi connectivity index (χ4v) is 1.98. The summed E-state index contributed by atoms with van der Waals surface area (Å²) in [5.74, 6) is -0.306. The summed E-state index contributed by atoms with van der Waals surface area (Å²) in [5.41, 5.74) is 3.23. The van der Waals surface area contributed by atoms with Gasteiger partial charge in [-0.05, 0) is 31.0 Å². The third kappa shape index (κ3) is 3.12. The van der Waals surface area contributed by atoms with Crippen LogP contribution in [0.15, 0.2) is 48.5 Å². The van der Waals surface area contributed by atoms with Crippen LogP contribution in [0.25, 0.3) is 0 Å². The summed E-state index contributed by atoms with van der Waals surface area (Å²) in [5, 5.41) is 2.68. The summed E-state index contributed by atoms with van der Waals surface area (Å²) in [4.78, 5) is 24.0. The molecular formula is C17H17NO2. The molecule has 0 spiro atoms. The standard InChI is InChI=1S/C17H17NO2/c1-12-7-6-10-15(13(12)2)17(20)18-11-16(19)14-8-4-3-5-9-14/h3-10H,11H2,1-2H3,(H,18,20). The summed E-state index contributed by atoms with van der Waals surface area (Å²) < 4.78 is 0. The predicted octanol–water partition coefficient (Wildman–Crippen LogP) is 2.92. The van der Waals surface area contributed by atoms with E-state index in [2.05, 4.69) is 5.32 Å². The highest BCUT2D eigenvalue weighted by Crippen LogP contribution is 2.12. The fourth-order valence-electron chi connectivity index (χ4n) is 1.98. The van der Waals surface area contributed by atoms with Crippen molar-refractivity contribution in [2.75, 3.05) is 6.54 Å². The van der Waals surface area contributed by atoms with Gasteiger partial charge in [0.2, 0.25) is 0 Å². The van der Waals surface area contributed by atoms with E-state index in [4.69, 9.17) is 0 Å². The van der Waals surface area contributed by atoms with Gasteiger partial charge in [-0.1, -0.05) is 42.5 Å². The van der Waals surface area contributed by atoms with E-state index in [1.807, 2.05) is 32.0 Å². The molecule has 1 N–H and O–H groups in total. The Hall–Kier alpha value is -2.42. The van der Waals surface area contributed by atoms with E-state index in [-0.39, 0.29) is 18.2 Å². The second-order valence-electron chi connectivity index (χ2n) is 4.72. The number of amides is 1. The van der Waals surface area contributed by atoms with Crippen LogP contribution in [0.4, 0.5) is 0 Å². The Labute approximate surface area is 118 Å². The maximum absolute atomic E-state index is 12.1. The lowest BCUT2D eigenvalue weighted by atomic mass is 10.0. The first kappa shape index (κ1) is 14.0. The highest BCUT2D eigenvalue weighted by atomic mass is 16.2. The van der Waals surface area contributed by atoms with Crippen molar-refractivity contribution in [3.8, 4) is 0 Å². The molecule has 20 heavy (non-hydrogen) atoms. The first-order valence-corrected chi connectivity index (χ1v) is 6.52. The molecule has 2 rings (SSSR count). The van der Waals surface area contributed by atoms with Crippen molar-refractivity contribution < 1.29 is 9.59 Å². The minimum atomic E-state index is -0.213. The number of Topliss-reactive ketones (excluding diaryl/α,β-unsaturated/α-hetero) is 1. The Morgan fingerprint density at radius 2 is 1.65 bits per heavy atom. The van der Waals surface area contributed by atoms with Gasteiger partial charge in [0.25, 0.3) is 5.91 Å². The number of hydrogen-bond acceptors (Lipinski definition) is 2. The van der Waals surface area contributed by atoms with Gasteiger partial charge in [0.15, 0.2) is 5.78 Å².